The lowest BCUT2D eigenvalue weighted by molar-refractivity contribution is 0.909. The molecule has 0 atom stereocenters. The Labute approximate surface area is 126 Å². The zero-order valence-corrected chi connectivity index (χ0v) is 12.3. The zero-order chi connectivity index (χ0) is 14.2. The largest absolute Gasteiger partial charge is 0.330 e. The van der Waals surface area contributed by atoms with E-state index in [1.165, 1.54) is 16.5 Å². The van der Waals surface area contributed by atoms with E-state index < -0.39 is 0 Å². The predicted octanol–water partition coefficient (Wildman–Crippen LogP) is 3.72. The fourth-order valence-electron chi connectivity index (χ4n) is 2.64. The molecule has 4 rings (SSSR count). The molecule has 0 unspecified atom stereocenters. The van der Waals surface area contributed by atoms with Gasteiger partial charge in [-0.3, -0.25) is 4.40 Å². The second-order valence-electron chi connectivity index (χ2n) is 5.11. The summed E-state index contributed by atoms with van der Waals surface area (Å²) >= 11 is 1.67. The summed E-state index contributed by atoms with van der Waals surface area (Å²) in [6.07, 6.45) is 2.99. The predicted molar refractivity (Wildman–Crippen MR) is 88.8 cm³/mol. The monoisotopic (exact) mass is 293 g/mol. The van der Waals surface area contributed by atoms with Gasteiger partial charge in [0.2, 0.25) is 0 Å². The van der Waals surface area contributed by atoms with Gasteiger partial charge in [-0.15, -0.1) is 11.3 Å². The van der Waals surface area contributed by atoms with Gasteiger partial charge in [0, 0.05) is 29.3 Å². The topological polar surface area (TPSA) is 43.3 Å². The molecule has 0 radical (unpaired) electrons. The highest BCUT2D eigenvalue weighted by Gasteiger charge is 2.09. The Hall–Kier alpha value is -2.17. The molecular weight excluding hydrogens is 278 g/mol. The second-order valence-corrected chi connectivity index (χ2v) is 5.94. The molecule has 0 fully saturated rings. The molecule has 0 aliphatic rings. The van der Waals surface area contributed by atoms with E-state index in [1.807, 2.05) is 0 Å². The summed E-state index contributed by atoms with van der Waals surface area (Å²) in [6.45, 7) is 0.662. The van der Waals surface area contributed by atoms with Crippen LogP contribution in [0.2, 0.25) is 0 Å². The molecule has 0 amide bonds. The van der Waals surface area contributed by atoms with Crippen LogP contribution in [0.5, 0.6) is 0 Å². The zero-order valence-electron chi connectivity index (χ0n) is 11.5. The van der Waals surface area contributed by atoms with E-state index in [4.69, 9.17) is 10.7 Å². The Kier molecular flexibility index (Phi) is 2.98. The average molecular weight is 293 g/mol. The number of nitrogens with zero attached hydrogens (tertiary/aromatic N) is 2. The highest BCUT2D eigenvalue weighted by molar-refractivity contribution is 7.15. The first-order chi connectivity index (χ1) is 10.3. The molecule has 0 spiro atoms. The summed E-state index contributed by atoms with van der Waals surface area (Å²) in [5.74, 6) is 0. The SMILES string of the molecule is NCCc1csc2nc(-c3ccc4ccccc4c3)cn12. The molecule has 0 saturated carbocycles. The Morgan fingerprint density at radius 1 is 1.10 bits per heavy atom. The first-order valence-electron chi connectivity index (χ1n) is 7.00. The third-order valence-corrected chi connectivity index (χ3v) is 4.62. The van der Waals surface area contributed by atoms with Gasteiger partial charge >= 0.3 is 0 Å². The molecule has 0 aliphatic heterocycles. The minimum Gasteiger partial charge on any atom is -0.330 e. The van der Waals surface area contributed by atoms with E-state index in [-0.39, 0.29) is 0 Å². The van der Waals surface area contributed by atoms with Gasteiger partial charge in [0.15, 0.2) is 4.96 Å². The van der Waals surface area contributed by atoms with E-state index in [0.29, 0.717) is 6.54 Å². The highest BCUT2D eigenvalue weighted by atomic mass is 32.1. The maximum atomic E-state index is 5.66. The molecule has 0 bridgehead atoms. The van der Waals surface area contributed by atoms with Gasteiger partial charge in [0.1, 0.15) is 0 Å². The number of benzene rings is 2. The van der Waals surface area contributed by atoms with E-state index in [2.05, 4.69) is 58.4 Å². The second kappa shape index (κ2) is 4.98. The first kappa shape index (κ1) is 12.6. The van der Waals surface area contributed by atoms with Crippen LogP contribution in [0.4, 0.5) is 0 Å². The maximum Gasteiger partial charge on any atom is 0.194 e. The number of imidazole rings is 1. The number of thiazole rings is 1. The lowest BCUT2D eigenvalue weighted by atomic mass is 10.1. The molecular formula is C17H15N3S. The molecule has 4 heteroatoms. The van der Waals surface area contributed by atoms with Crippen LogP contribution in [0.1, 0.15) is 5.69 Å². The highest BCUT2D eigenvalue weighted by Crippen LogP contribution is 2.26. The van der Waals surface area contributed by atoms with Gasteiger partial charge < -0.3 is 5.73 Å². The van der Waals surface area contributed by atoms with Crippen molar-refractivity contribution in [2.75, 3.05) is 6.54 Å². The van der Waals surface area contributed by atoms with Crippen molar-refractivity contribution in [3.63, 3.8) is 0 Å². The molecule has 0 aliphatic carbocycles. The molecule has 21 heavy (non-hydrogen) atoms. The van der Waals surface area contributed by atoms with Gasteiger partial charge in [-0.25, -0.2) is 4.98 Å². The minimum absolute atomic E-state index is 0.662. The van der Waals surface area contributed by atoms with Crippen molar-refractivity contribution < 1.29 is 0 Å². The van der Waals surface area contributed by atoms with Gasteiger partial charge in [-0.2, -0.15) is 0 Å². The van der Waals surface area contributed by atoms with E-state index in [9.17, 15) is 0 Å². The van der Waals surface area contributed by atoms with Crippen molar-refractivity contribution in [1.29, 1.82) is 0 Å². The fourth-order valence-corrected chi connectivity index (χ4v) is 3.55. The van der Waals surface area contributed by atoms with Crippen LogP contribution in [0.15, 0.2) is 54.0 Å². The quantitative estimate of drug-likeness (QED) is 0.625. The van der Waals surface area contributed by atoms with Crippen LogP contribution in [-0.2, 0) is 6.42 Å². The van der Waals surface area contributed by atoms with Gasteiger partial charge in [-0.05, 0) is 23.4 Å². The molecule has 2 aromatic heterocycles. The molecule has 4 aromatic rings. The van der Waals surface area contributed by atoms with Crippen molar-refractivity contribution in [3.8, 4) is 11.3 Å². The Morgan fingerprint density at radius 2 is 1.95 bits per heavy atom. The summed E-state index contributed by atoms with van der Waals surface area (Å²) in [5, 5.41) is 4.64. The van der Waals surface area contributed by atoms with Crippen LogP contribution < -0.4 is 5.73 Å². The lowest BCUT2D eigenvalue weighted by Crippen LogP contribution is -2.04. The summed E-state index contributed by atoms with van der Waals surface area (Å²) in [6, 6.07) is 14.9. The van der Waals surface area contributed by atoms with Crippen LogP contribution in [0, 0.1) is 0 Å². The van der Waals surface area contributed by atoms with E-state index >= 15 is 0 Å². The van der Waals surface area contributed by atoms with E-state index in [0.717, 1.165) is 22.6 Å². The van der Waals surface area contributed by atoms with Crippen LogP contribution >= 0.6 is 11.3 Å². The van der Waals surface area contributed by atoms with Crippen LogP contribution in [0.25, 0.3) is 27.0 Å². The summed E-state index contributed by atoms with van der Waals surface area (Å²) < 4.78 is 2.15. The summed E-state index contributed by atoms with van der Waals surface area (Å²) in [5.41, 5.74) is 9.07. The number of fused-ring (bicyclic) bond motifs is 2. The Balaban J connectivity index is 1.83. The number of nitrogens with two attached hydrogens (primary N) is 1. The van der Waals surface area contributed by atoms with E-state index in [1.54, 1.807) is 11.3 Å². The lowest BCUT2D eigenvalue weighted by Gasteiger charge is -2.00. The Bertz CT molecular complexity index is 920. The summed E-state index contributed by atoms with van der Waals surface area (Å²) in [4.78, 5) is 5.76. The van der Waals surface area contributed by atoms with Gasteiger partial charge in [0.25, 0.3) is 0 Å². The van der Waals surface area contributed by atoms with Crippen molar-refractivity contribution in [2.45, 2.75) is 6.42 Å². The average Bonchev–Trinajstić information content (AvgIpc) is 3.09. The van der Waals surface area contributed by atoms with Crippen LogP contribution in [0.3, 0.4) is 0 Å². The van der Waals surface area contributed by atoms with Crippen LogP contribution in [-0.4, -0.2) is 15.9 Å². The third kappa shape index (κ3) is 2.13. The van der Waals surface area contributed by atoms with Crippen molar-refractivity contribution in [2.24, 2.45) is 5.73 Å². The molecule has 2 heterocycles. The molecule has 104 valence electrons. The van der Waals surface area contributed by atoms with Crippen molar-refractivity contribution in [1.82, 2.24) is 9.38 Å². The Morgan fingerprint density at radius 3 is 2.81 bits per heavy atom. The molecule has 2 N–H and O–H groups in total. The summed E-state index contributed by atoms with van der Waals surface area (Å²) in [7, 11) is 0. The first-order valence-corrected chi connectivity index (χ1v) is 7.88. The number of rotatable bonds is 3. The van der Waals surface area contributed by atoms with Crippen molar-refractivity contribution in [3.05, 3.63) is 59.7 Å². The third-order valence-electron chi connectivity index (χ3n) is 3.73. The molecule has 0 saturated heterocycles. The van der Waals surface area contributed by atoms with Gasteiger partial charge in [0.05, 0.1) is 5.69 Å². The number of hydrogen-bond acceptors (Lipinski definition) is 3. The standard InChI is InChI=1S/C17H15N3S/c18-8-7-15-11-21-17-19-16(10-20(15)17)14-6-5-12-3-1-2-4-13(12)9-14/h1-6,9-11H,7-8,18H2. The van der Waals surface area contributed by atoms with Gasteiger partial charge in [-0.1, -0.05) is 36.4 Å². The molecule has 3 nitrogen and oxygen atoms in total. The number of aromatic nitrogens is 2. The minimum atomic E-state index is 0.662. The fraction of sp³-hybridized carbons (Fsp3) is 0.118. The normalized spacial score (nSPS) is 11.5. The maximum absolute atomic E-state index is 5.66. The smallest absolute Gasteiger partial charge is 0.194 e. The number of hydrogen-bond donors (Lipinski definition) is 1. The van der Waals surface area contributed by atoms with Crippen molar-refractivity contribution >= 4 is 27.1 Å². The molecule has 2 aromatic carbocycles.